The highest BCUT2D eigenvalue weighted by atomic mass is 32.1. The number of carbonyl (C=O) groups is 1. The lowest BCUT2D eigenvalue weighted by molar-refractivity contribution is 0.101. The molecule has 0 aliphatic heterocycles. The molecule has 0 aliphatic rings. The molecule has 0 amide bonds. The van der Waals surface area contributed by atoms with Gasteiger partial charge in [-0.25, -0.2) is 0 Å². The second-order valence-electron chi connectivity index (χ2n) is 4.65. The smallest absolute Gasteiger partial charge is 0.175 e. The summed E-state index contributed by atoms with van der Waals surface area (Å²) in [4.78, 5) is 11.4. The monoisotopic (exact) mass is 314 g/mol. The average molecular weight is 314 g/mol. The summed E-state index contributed by atoms with van der Waals surface area (Å²) < 4.78 is 5.54. The minimum absolute atomic E-state index is 0.0178. The van der Waals surface area contributed by atoms with Crippen LogP contribution in [-0.4, -0.2) is 17.5 Å². The van der Waals surface area contributed by atoms with Gasteiger partial charge in [0.25, 0.3) is 0 Å². The molecule has 5 heteroatoms. The van der Waals surface area contributed by atoms with Crippen molar-refractivity contribution in [2.24, 2.45) is 0 Å². The average Bonchev–Trinajstić information content (AvgIpc) is 2.49. The summed E-state index contributed by atoms with van der Waals surface area (Å²) in [5.74, 6) is 0.760. The first-order valence-corrected chi connectivity index (χ1v) is 7.42. The van der Waals surface area contributed by atoms with Crippen LogP contribution in [0.4, 0.5) is 11.4 Å². The molecule has 0 unspecified atom stereocenters. The Morgan fingerprint density at radius 2 is 1.91 bits per heavy atom. The van der Waals surface area contributed by atoms with E-state index in [0.717, 1.165) is 17.1 Å². The summed E-state index contributed by atoms with van der Waals surface area (Å²) in [6.07, 6.45) is 0. The maximum Gasteiger partial charge on any atom is 0.175 e. The highest BCUT2D eigenvalue weighted by Gasteiger charge is 2.06. The molecule has 0 saturated carbocycles. The van der Waals surface area contributed by atoms with Crippen LogP contribution in [0.25, 0.3) is 0 Å². The Bertz CT molecular complexity index is 686. The van der Waals surface area contributed by atoms with Gasteiger partial charge in [-0.15, -0.1) is 0 Å². The SMILES string of the molecule is CCOc1ccccc1NC(=S)Nc1cccc(C(C)=O)c1. The minimum atomic E-state index is 0.0178. The maximum absolute atomic E-state index is 11.4. The molecule has 0 aromatic heterocycles. The second kappa shape index (κ2) is 7.56. The summed E-state index contributed by atoms with van der Waals surface area (Å²) in [5.41, 5.74) is 2.20. The van der Waals surface area contributed by atoms with Gasteiger partial charge in [0.2, 0.25) is 0 Å². The van der Waals surface area contributed by atoms with Gasteiger partial charge < -0.3 is 15.4 Å². The Balaban J connectivity index is 2.07. The van der Waals surface area contributed by atoms with Crippen LogP contribution in [0.5, 0.6) is 5.75 Å². The van der Waals surface area contributed by atoms with Crippen molar-refractivity contribution in [2.45, 2.75) is 13.8 Å². The van der Waals surface area contributed by atoms with E-state index in [2.05, 4.69) is 10.6 Å². The van der Waals surface area contributed by atoms with Gasteiger partial charge in [-0.05, 0) is 50.3 Å². The van der Waals surface area contributed by atoms with Crippen molar-refractivity contribution in [3.8, 4) is 5.75 Å². The fraction of sp³-hybridized carbons (Fsp3) is 0.176. The fourth-order valence-corrected chi connectivity index (χ4v) is 2.18. The molecular weight excluding hydrogens is 296 g/mol. The molecule has 0 heterocycles. The number of Topliss-reactive ketones (excluding diaryl/α,β-unsaturated/α-hetero) is 1. The van der Waals surface area contributed by atoms with Crippen molar-refractivity contribution >= 4 is 34.5 Å². The van der Waals surface area contributed by atoms with Crippen LogP contribution in [0.15, 0.2) is 48.5 Å². The highest BCUT2D eigenvalue weighted by Crippen LogP contribution is 2.24. The Kier molecular flexibility index (Phi) is 5.49. The minimum Gasteiger partial charge on any atom is -0.492 e. The summed E-state index contributed by atoms with van der Waals surface area (Å²) >= 11 is 5.31. The predicted molar refractivity (Wildman–Crippen MR) is 93.9 cm³/mol. The highest BCUT2D eigenvalue weighted by molar-refractivity contribution is 7.80. The molecule has 114 valence electrons. The van der Waals surface area contributed by atoms with Crippen LogP contribution in [0.2, 0.25) is 0 Å². The number of carbonyl (C=O) groups excluding carboxylic acids is 1. The molecule has 0 bridgehead atoms. The molecular formula is C17H18N2O2S. The van der Waals surface area contributed by atoms with Crippen molar-refractivity contribution < 1.29 is 9.53 Å². The number of para-hydroxylation sites is 2. The van der Waals surface area contributed by atoms with Crippen LogP contribution in [0.1, 0.15) is 24.2 Å². The van der Waals surface area contributed by atoms with Crippen LogP contribution in [0.3, 0.4) is 0 Å². The number of rotatable bonds is 5. The number of anilines is 2. The van der Waals surface area contributed by atoms with E-state index in [1.807, 2.05) is 43.3 Å². The number of hydrogen-bond acceptors (Lipinski definition) is 3. The van der Waals surface area contributed by atoms with Gasteiger partial charge in [0.15, 0.2) is 10.9 Å². The van der Waals surface area contributed by atoms with E-state index in [4.69, 9.17) is 17.0 Å². The summed E-state index contributed by atoms with van der Waals surface area (Å²) in [5, 5.41) is 6.61. The molecule has 0 fully saturated rings. The number of benzene rings is 2. The van der Waals surface area contributed by atoms with Crippen molar-refractivity contribution in [1.82, 2.24) is 0 Å². The summed E-state index contributed by atoms with van der Waals surface area (Å²) in [7, 11) is 0. The quantitative estimate of drug-likeness (QED) is 0.643. The van der Waals surface area contributed by atoms with Gasteiger partial charge in [-0.2, -0.15) is 0 Å². The van der Waals surface area contributed by atoms with Crippen LogP contribution < -0.4 is 15.4 Å². The van der Waals surface area contributed by atoms with Gasteiger partial charge in [0.05, 0.1) is 12.3 Å². The standard InChI is InChI=1S/C17H18N2O2S/c1-3-21-16-10-5-4-9-15(16)19-17(22)18-14-8-6-7-13(11-14)12(2)20/h4-11H,3H2,1-2H3,(H2,18,19,22). The first-order chi connectivity index (χ1) is 10.6. The number of hydrogen-bond donors (Lipinski definition) is 2. The Hall–Kier alpha value is -2.40. The molecule has 0 radical (unpaired) electrons. The van der Waals surface area contributed by atoms with Crippen LogP contribution in [0, 0.1) is 0 Å². The van der Waals surface area contributed by atoms with Crippen molar-refractivity contribution in [1.29, 1.82) is 0 Å². The van der Waals surface area contributed by atoms with Crippen molar-refractivity contribution in [3.05, 3.63) is 54.1 Å². The van der Waals surface area contributed by atoms with Crippen LogP contribution >= 0.6 is 12.2 Å². The first kappa shape index (κ1) is 16.0. The molecule has 2 rings (SSSR count). The van der Waals surface area contributed by atoms with E-state index >= 15 is 0 Å². The maximum atomic E-state index is 11.4. The molecule has 2 aromatic carbocycles. The summed E-state index contributed by atoms with van der Waals surface area (Å²) in [6.45, 7) is 4.05. The van der Waals surface area contributed by atoms with Gasteiger partial charge >= 0.3 is 0 Å². The van der Waals surface area contributed by atoms with Gasteiger partial charge in [-0.3, -0.25) is 4.79 Å². The van der Waals surface area contributed by atoms with Gasteiger partial charge in [0.1, 0.15) is 5.75 Å². The Labute approximate surface area is 135 Å². The molecule has 0 saturated heterocycles. The third-order valence-corrected chi connectivity index (χ3v) is 3.17. The zero-order valence-electron chi connectivity index (χ0n) is 12.6. The lowest BCUT2D eigenvalue weighted by Crippen LogP contribution is -2.19. The molecule has 22 heavy (non-hydrogen) atoms. The van der Waals surface area contributed by atoms with E-state index in [1.165, 1.54) is 6.92 Å². The van der Waals surface area contributed by atoms with E-state index in [-0.39, 0.29) is 5.78 Å². The molecule has 2 N–H and O–H groups in total. The normalized spacial score (nSPS) is 9.91. The largest absolute Gasteiger partial charge is 0.492 e. The zero-order chi connectivity index (χ0) is 15.9. The third kappa shape index (κ3) is 4.30. The lowest BCUT2D eigenvalue weighted by atomic mass is 10.1. The fourth-order valence-electron chi connectivity index (χ4n) is 1.95. The van der Waals surface area contributed by atoms with Crippen molar-refractivity contribution in [3.63, 3.8) is 0 Å². The van der Waals surface area contributed by atoms with E-state index < -0.39 is 0 Å². The zero-order valence-corrected chi connectivity index (χ0v) is 13.4. The lowest BCUT2D eigenvalue weighted by Gasteiger charge is -2.14. The van der Waals surface area contributed by atoms with Gasteiger partial charge in [0, 0.05) is 11.3 Å². The topological polar surface area (TPSA) is 50.4 Å². The molecule has 2 aromatic rings. The molecule has 0 atom stereocenters. The molecule has 0 aliphatic carbocycles. The number of ketones is 1. The Morgan fingerprint density at radius 3 is 2.64 bits per heavy atom. The number of ether oxygens (including phenoxy) is 1. The third-order valence-electron chi connectivity index (χ3n) is 2.96. The van der Waals surface area contributed by atoms with Crippen LogP contribution in [-0.2, 0) is 0 Å². The van der Waals surface area contributed by atoms with E-state index in [0.29, 0.717) is 17.3 Å². The number of nitrogens with one attached hydrogen (secondary N) is 2. The second-order valence-corrected chi connectivity index (χ2v) is 5.05. The van der Waals surface area contributed by atoms with Gasteiger partial charge in [-0.1, -0.05) is 24.3 Å². The summed E-state index contributed by atoms with van der Waals surface area (Å²) in [6, 6.07) is 14.8. The molecule has 4 nitrogen and oxygen atoms in total. The van der Waals surface area contributed by atoms with E-state index in [9.17, 15) is 4.79 Å². The first-order valence-electron chi connectivity index (χ1n) is 7.01. The van der Waals surface area contributed by atoms with Crippen molar-refractivity contribution in [2.75, 3.05) is 17.2 Å². The predicted octanol–water partition coefficient (Wildman–Crippen LogP) is 4.10. The number of thiocarbonyl (C=S) groups is 1. The Morgan fingerprint density at radius 1 is 1.14 bits per heavy atom. The van der Waals surface area contributed by atoms with E-state index in [1.54, 1.807) is 12.1 Å². The molecule has 0 spiro atoms.